The summed E-state index contributed by atoms with van der Waals surface area (Å²) in [6, 6.07) is 0. The number of rotatable bonds is 2. The van der Waals surface area contributed by atoms with Crippen LogP contribution >= 0.6 is 15.9 Å². The molecule has 1 aliphatic rings. The summed E-state index contributed by atoms with van der Waals surface area (Å²) in [5, 5.41) is 0. The van der Waals surface area contributed by atoms with E-state index in [0.717, 1.165) is 13.2 Å². The summed E-state index contributed by atoms with van der Waals surface area (Å²) in [4.78, 5) is 0.422. The van der Waals surface area contributed by atoms with Crippen molar-refractivity contribution in [3.05, 3.63) is 33.4 Å². The molecule has 19 heavy (non-hydrogen) atoms. The quantitative estimate of drug-likeness (QED) is 0.688. The maximum Gasteiger partial charge on any atom is 0.0508 e. The van der Waals surface area contributed by atoms with Gasteiger partial charge in [0.25, 0.3) is 0 Å². The van der Waals surface area contributed by atoms with Crippen LogP contribution in [0.2, 0.25) is 0 Å². The Bertz CT molecular complexity index is 444. The lowest BCUT2D eigenvalue weighted by molar-refractivity contribution is 0.0545. The van der Waals surface area contributed by atoms with Crippen molar-refractivity contribution in [2.24, 2.45) is 5.92 Å². The minimum atomic E-state index is 0.422. The topological polar surface area (TPSA) is 9.23 Å². The molecule has 1 aliphatic heterocycles. The predicted molar refractivity (Wildman–Crippen MR) is 85.3 cm³/mol. The monoisotopic (exact) mass is 324 g/mol. The standard InChI is InChI=1S/C17H25BrO/c1-10-11(2)13(4)16(14(5)12(10)3)17(18)15-7-6-8-19-9-15/h15,17H,6-9H2,1-5H3. The van der Waals surface area contributed by atoms with Gasteiger partial charge < -0.3 is 4.74 Å². The fourth-order valence-electron chi connectivity index (χ4n) is 3.17. The van der Waals surface area contributed by atoms with E-state index in [-0.39, 0.29) is 0 Å². The largest absolute Gasteiger partial charge is 0.381 e. The van der Waals surface area contributed by atoms with Crippen LogP contribution < -0.4 is 0 Å². The van der Waals surface area contributed by atoms with Gasteiger partial charge in [-0.1, -0.05) is 15.9 Å². The molecule has 2 atom stereocenters. The van der Waals surface area contributed by atoms with E-state index in [2.05, 4.69) is 50.5 Å². The van der Waals surface area contributed by atoms with Gasteiger partial charge in [-0.3, -0.25) is 0 Å². The number of hydrogen-bond donors (Lipinski definition) is 0. The minimum absolute atomic E-state index is 0.422. The number of benzene rings is 1. The molecule has 1 nitrogen and oxygen atoms in total. The highest BCUT2D eigenvalue weighted by molar-refractivity contribution is 9.09. The second kappa shape index (κ2) is 5.97. The lowest BCUT2D eigenvalue weighted by atomic mass is 9.84. The summed E-state index contributed by atoms with van der Waals surface area (Å²) >= 11 is 3.96. The Balaban J connectivity index is 2.43. The van der Waals surface area contributed by atoms with Crippen LogP contribution in [0.25, 0.3) is 0 Å². The van der Waals surface area contributed by atoms with E-state index in [9.17, 15) is 0 Å². The molecular weight excluding hydrogens is 300 g/mol. The van der Waals surface area contributed by atoms with Gasteiger partial charge in [0.2, 0.25) is 0 Å². The Hall–Kier alpha value is -0.340. The van der Waals surface area contributed by atoms with Gasteiger partial charge in [0, 0.05) is 11.4 Å². The molecule has 2 unspecified atom stereocenters. The van der Waals surface area contributed by atoms with Gasteiger partial charge in [-0.2, -0.15) is 0 Å². The van der Waals surface area contributed by atoms with Crippen molar-refractivity contribution in [1.82, 2.24) is 0 Å². The Morgan fingerprint density at radius 1 is 0.947 bits per heavy atom. The lowest BCUT2D eigenvalue weighted by Crippen LogP contribution is -2.22. The van der Waals surface area contributed by atoms with Gasteiger partial charge in [0.1, 0.15) is 0 Å². The van der Waals surface area contributed by atoms with E-state index in [1.165, 1.54) is 46.2 Å². The zero-order chi connectivity index (χ0) is 14.2. The van der Waals surface area contributed by atoms with Crippen molar-refractivity contribution in [2.45, 2.75) is 52.3 Å². The lowest BCUT2D eigenvalue weighted by Gasteiger charge is -2.30. The van der Waals surface area contributed by atoms with Gasteiger partial charge in [0.05, 0.1) is 6.61 Å². The van der Waals surface area contributed by atoms with Crippen LogP contribution in [0.3, 0.4) is 0 Å². The van der Waals surface area contributed by atoms with Crippen molar-refractivity contribution in [3.63, 3.8) is 0 Å². The first-order valence-electron chi connectivity index (χ1n) is 7.23. The van der Waals surface area contributed by atoms with Crippen LogP contribution in [0, 0.1) is 40.5 Å². The maximum absolute atomic E-state index is 5.66. The Kier molecular flexibility index (Phi) is 4.73. The van der Waals surface area contributed by atoms with Crippen LogP contribution in [-0.2, 0) is 4.74 Å². The summed E-state index contributed by atoms with van der Waals surface area (Å²) in [6.07, 6.45) is 2.45. The van der Waals surface area contributed by atoms with E-state index in [0.29, 0.717) is 10.7 Å². The first kappa shape index (κ1) is 15.1. The molecule has 0 spiro atoms. The van der Waals surface area contributed by atoms with E-state index >= 15 is 0 Å². The average molecular weight is 325 g/mol. The zero-order valence-corrected chi connectivity index (χ0v) is 14.4. The van der Waals surface area contributed by atoms with E-state index in [4.69, 9.17) is 4.74 Å². The second-order valence-electron chi connectivity index (χ2n) is 5.92. The smallest absolute Gasteiger partial charge is 0.0508 e. The van der Waals surface area contributed by atoms with E-state index in [1.54, 1.807) is 0 Å². The molecule has 0 radical (unpaired) electrons. The molecule has 1 aromatic carbocycles. The molecule has 1 heterocycles. The van der Waals surface area contributed by atoms with Gasteiger partial charge in [0.15, 0.2) is 0 Å². The molecule has 0 amide bonds. The second-order valence-corrected chi connectivity index (χ2v) is 6.90. The molecule has 0 aromatic heterocycles. The first-order chi connectivity index (χ1) is 8.95. The van der Waals surface area contributed by atoms with Crippen LogP contribution in [0.4, 0.5) is 0 Å². The SMILES string of the molecule is Cc1c(C)c(C)c(C(Br)C2CCCOC2)c(C)c1C. The van der Waals surface area contributed by atoms with E-state index < -0.39 is 0 Å². The number of halogens is 1. The summed E-state index contributed by atoms with van der Waals surface area (Å²) in [6.45, 7) is 13.1. The third-order valence-electron chi connectivity index (χ3n) is 4.94. The highest BCUT2D eigenvalue weighted by Crippen LogP contribution is 2.41. The molecule has 1 saturated heterocycles. The summed E-state index contributed by atoms with van der Waals surface area (Å²) < 4.78 is 5.66. The van der Waals surface area contributed by atoms with E-state index in [1.807, 2.05) is 0 Å². The maximum atomic E-state index is 5.66. The number of hydrogen-bond acceptors (Lipinski definition) is 1. The fraction of sp³-hybridized carbons (Fsp3) is 0.647. The van der Waals surface area contributed by atoms with Crippen LogP contribution in [0.1, 0.15) is 51.0 Å². The summed E-state index contributed by atoms with van der Waals surface area (Å²) in [7, 11) is 0. The molecule has 0 N–H and O–H groups in total. The molecule has 2 rings (SSSR count). The fourth-order valence-corrected chi connectivity index (χ4v) is 4.28. The van der Waals surface area contributed by atoms with Crippen molar-refractivity contribution in [1.29, 1.82) is 0 Å². The number of ether oxygens (including phenoxy) is 1. The van der Waals surface area contributed by atoms with Crippen LogP contribution in [-0.4, -0.2) is 13.2 Å². The highest BCUT2D eigenvalue weighted by Gasteiger charge is 2.27. The first-order valence-corrected chi connectivity index (χ1v) is 8.15. The van der Waals surface area contributed by atoms with Gasteiger partial charge in [-0.25, -0.2) is 0 Å². The normalized spacial score (nSPS) is 21.5. The predicted octanol–water partition coefficient (Wildman–Crippen LogP) is 5.09. The van der Waals surface area contributed by atoms with Crippen molar-refractivity contribution < 1.29 is 4.74 Å². The van der Waals surface area contributed by atoms with Crippen molar-refractivity contribution in [2.75, 3.05) is 13.2 Å². The molecule has 0 bridgehead atoms. The summed E-state index contributed by atoms with van der Waals surface area (Å²) in [5.74, 6) is 0.604. The molecule has 1 fully saturated rings. The molecule has 106 valence electrons. The summed E-state index contributed by atoms with van der Waals surface area (Å²) in [5.41, 5.74) is 8.73. The molecular formula is C17H25BrO. The Labute approximate surface area is 125 Å². The molecule has 0 aliphatic carbocycles. The number of alkyl halides is 1. The van der Waals surface area contributed by atoms with Crippen LogP contribution in [0.5, 0.6) is 0 Å². The molecule has 0 saturated carbocycles. The van der Waals surface area contributed by atoms with Gasteiger partial charge in [-0.15, -0.1) is 0 Å². The van der Waals surface area contributed by atoms with Crippen molar-refractivity contribution in [3.8, 4) is 0 Å². The minimum Gasteiger partial charge on any atom is -0.381 e. The van der Waals surface area contributed by atoms with Crippen LogP contribution in [0.15, 0.2) is 0 Å². The highest BCUT2D eigenvalue weighted by atomic mass is 79.9. The Morgan fingerprint density at radius 2 is 1.47 bits per heavy atom. The van der Waals surface area contributed by atoms with Gasteiger partial charge in [-0.05, 0) is 86.8 Å². The van der Waals surface area contributed by atoms with Gasteiger partial charge >= 0.3 is 0 Å². The Morgan fingerprint density at radius 3 is 1.95 bits per heavy atom. The molecule has 1 aromatic rings. The third-order valence-corrected chi connectivity index (χ3v) is 6.15. The third kappa shape index (κ3) is 2.75. The average Bonchev–Trinajstić information content (AvgIpc) is 2.44. The zero-order valence-electron chi connectivity index (χ0n) is 12.8. The molecule has 2 heteroatoms. The van der Waals surface area contributed by atoms with Crippen molar-refractivity contribution >= 4 is 15.9 Å².